The molecule has 0 saturated heterocycles. The van der Waals surface area contributed by atoms with Crippen LogP contribution in [0, 0.1) is 11.8 Å². The molecule has 5 atom stereocenters. The number of aliphatic hydroxyl groups is 3. The van der Waals surface area contributed by atoms with Crippen LogP contribution in [0.3, 0.4) is 0 Å². The topological polar surface area (TPSA) is 115 Å². The van der Waals surface area contributed by atoms with Crippen LogP contribution in [0.5, 0.6) is 0 Å². The number of rotatable bonds is 13. The second kappa shape index (κ2) is 12.2. The van der Waals surface area contributed by atoms with Crippen LogP contribution in [0.2, 0.25) is 0 Å². The fourth-order valence-corrected chi connectivity index (χ4v) is 3.25. The SMILES string of the molecule is [2H]C([2H])(CC(=O)O)C([2H])([2H])CC(=O)C[C@@H]1[C@@H](/C=C/[C@@H](O)CCCCC)[C@H](O)C[C@@H]1O. The summed E-state index contributed by atoms with van der Waals surface area (Å²) in [7, 11) is 0. The van der Waals surface area contributed by atoms with Gasteiger partial charge in [0.15, 0.2) is 0 Å². The van der Waals surface area contributed by atoms with E-state index in [0.29, 0.717) is 6.42 Å². The van der Waals surface area contributed by atoms with Gasteiger partial charge < -0.3 is 20.4 Å². The smallest absolute Gasteiger partial charge is 0.303 e. The first-order valence-corrected chi connectivity index (χ1v) is 9.26. The zero-order valence-corrected chi connectivity index (χ0v) is 15.3. The predicted molar refractivity (Wildman–Crippen MR) is 98.6 cm³/mol. The standard InChI is InChI=1S/C20H34O6/c1-2-3-4-7-14(21)10-11-16-17(19(24)13-18(16)23)12-15(22)8-5-6-9-20(25)26/h10-11,14,16-19,21,23-24H,2-9,12-13H2,1H3,(H,25,26)/b11-10+/t14-,16+,17+,18+,19-/m0/s1/i5D2,6D2. The van der Waals surface area contributed by atoms with E-state index in [-0.39, 0.29) is 12.8 Å². The maximum absolute atomic E-state index is 12.4. The highest BCUT2D eigenvalue weighted by atomic mass is 16.4. The number of carboxylic acids is 1. The van der Waals surface area contributed by atoms with Gasteiger partial charge in [-0.2, -0.15) is 0 Å². The average molecular weight is 375 g/mol. The van der Waals surface area contributed by atoms with Crippen LogP contribution < -0.4 is 0 Å². The van der Waals surface area contributed by atoms with Crippen LogP contribution in [0.15, 0.2) is 12.2 Å². The van der Waals surface area contributed by atoms with Crippen molar-refractivity contribution in [3.05, 3.63) is 12.2 Å². The first kappa shape index (κ1) is 16.9. The number of aliphatic carboxylic acids is 1. The lowest BCUT2D eigenvalue weighted by Gasteiger charge is -2.20. The number of carboxylic acid groups (broad SMARTS) is 1. The Hall–Kier alpha value is -1.24. The number of hydrogen-bond acceptors (Lipinski definition) is 5. The van der Waals surface area contributed by atoms with Crippen molar-refractivity contribution in [2.45, 2.75) is 89.3 Å². The fourth-order valence-electron chi connectivity index (χ4n) is 3.25. The lowest BCUT2D eigenvalue weighted by Crippen LogP contribution is -2.24. The Bertz CT molecular complexity index is 610. The highest BCUT2D eigenvalue weighted by Crippen LogP contribution is 2.36. The van der Waals surface area contributed by atoms with Gasteiger partial charge in [-0.3, -0.25) is 9.59 Å². The van der Waals surface area contributed by atoms with E-state index in [9.17, 15) is 24.9 Å². The van der Waals surface area contributed by atoms with Gasteiger partial charge in [0.05, 0.1) is 18.3 Å². The van der Waals surface area contributed by atoms with Gasteiger partial charge in [0.2, 0.25) is 0 Å². The van der Waals surface area contributed by atoms with E-state index >= 15 is 0 Å². The van der Waals surface area contributed by atoms with Crippen LogP contribution in [0.1, 0.15) is 76.5 Å². The molecule has 26 heavy (non-hydrogen) atoms. The number of hydrogen-bond donors (Lipinski definition) is 4. The Labute approximate surface area is 161 Å². The molecule has 150 valence electrons. The molecule has 1 saturated carbocycles. The molecular formula is C20H34O6. The number of ketones is 1. The van der Waals surface area contributed by atoms with Gasteiger partial charge in [-0.25, -0.2) is 0 Å². The second-order valence-electron chi connectivity index (χ2n) is 6.90. The molecule has 0 unspecified atom stereocenters. The Balaban J connectivity index is 2.78. The fraction of sp³-hybridized carbons (Fsp3) is 0.800. The van der Waals surface area contributed by atoms with Crippen LogP contribution in [-0.4, -0.2) is 50.5 Å². The summed E-state index contributed by atoms with van der Waals surface area (Å²) in [6.07, 6.45) is -3.58. The quantitative estimate of drug-likeness (QED) is 0.291. The van der Waals surface area contributed by atoms with E-state index in [2.05, 4.69) is 6.92 Å². The summed E-state index contributed by atoms with van der Waals surface area (Å²) in [6.45, 7) is 2.05. The Kier molecular flexibility index (Phi) is 7.93. The van der Waals surface area contributed by atoms with Crippen molar-refractivity contribution in [3.8, 4) is 0 Å². The first-order chi connectivity index (χ1) is 13.8. The van der Waals surface area contributed by atoms with Crippen LogP contribution in [-0.2, 0) is 9.59 Å². The van der Waals surface area contributed by atoms with Crippen molar-refractivity contribution in [2.75, 3.05) is 0 Å². The van der Waals surface area contributed by atoms with Gasteiger partial charge in [-0.15, -0.1) is 0 Å². The minimum Gasteiger partial charge on any atom is -0.481 e. The molecule has 1 aliphatic rings. The minimum atomic E-state index is -2.73. The third-order valence-corrected chi connectivity index (χ3v) is 4.69. The Morgan fingerprint density at radius 3 is 2.54 bits per heavy atom. The number of carbonyl (C=O) groups excluding carboxylic acids is 1. The summed E-state index contributed by atoms with van der Waals surface area (Å²) in [5.74, 6) is -3.44. The molecule has 0 amide bonds. The van der Waals surface area contributed by atoms with E-state index in [1.54, 1.807) is 12.2 Å². The number of aliphatic hydroxyl groups excluding tert-OH is 3. The van der Waals surface area contributed by atoms with Gasteiger partial charge in [-0.05, 0) is 19.2 Å². The summed E-state index contributed by atoms with van der Waals surface area (Å²) < 4.78 is 31.0. The van der Waals surface area contributed by atoms with E-state index in [1.165, 1.54) is 0 Å². The first-order valence-electron chi connectivity index (χ1n) is 11.3. The van der Waals surface area contributed by atoms with Crippen molar-refractivity contribution in [2.24, 2.45) is 11.8 Å². The van der Waals surface area contributed by atoms with Crippen LogP contribution in [0.4, 0.5) is 0 Å². The molecule has 0 spiro atoms. The molecule has 0 radical (unpaired) electrons. The van der Waals surface area contributed by atoms with Gasteiger partial charge in [0, 0.05) is 43.0 Å². The summed E-state index contributed by atoms with van der Waals surface area (Å²) in [6, 6.07) is 0. The minimum absolute atomic E-state index is 0.0472. The van der Waals surface area contributed by atoms with Gasteiger partial charge in [0.1, 0.15) is 5.78 Å². The van der Waals surface area contributed by atoms with E-state index < -0.39 is 67.5 Å². The molecule has 0 aromatic rings. The number of carbonyl (C=O) groups is 2. The lowest BCUT2D eigenvalue weighted by atomic mass is 9.87. The maximum Gasteiger partial charge on any atom is 0.303 e. The molecule has 1 fully saturated rings. The second-order valence-corrected chi connectivity index (χ2v) is 6.90. The third-order valence-electron chi connectivity index (χ3n) is 4.69. The molecular weight excluding hydrogens is 336 g/mol. The maximum atomic E-state index is 12.4. The summed E-state index contributed by atoms with van der Waals surface area (Å²) in [4.78, 5) is 23.2. The summed E-state index contributed by atoms with van der Waals surface area (Å²) >= 11 is 0. The Morgan fingerprint density at radius 1 is 1.19 bits per heavy atom. The van der Waals surface area contributed by atoms with Gasteiger partial charge in [0.25, 0.3) is 0 Å². The normalized spacial score (nSPS) is 30.5. The lowest BCUT2D eigenvalue weighted by molar-refractivity contribution is -0.137. The summed E-state index contributed by atoms with van der Waals surface area (Å²) in [5, 5.41) is 39.3. The predicted octanol–water partition coefficient (Wildman–Crippen LogP) is 2.45. The molecule has 4 N–H and O–H groups in total. The summed E-state index contributed by atoms with van der Waals surface area (Å²) in [5.41, 5.74) is 0. The average Bonchev–Trinajstić information content (AvgIpc) is 2.84. The molecule has 6 heteroatoms. The van der Waals surface area contributed by atoms with Crippen molar-refractivity contribution in [3.63, 3.8) is 0 Å². The largest absolute Gasteiger partial charge is 0.481 e. The molecule has 0 aromatic carbocycles. The van der Waals surface area contributed by atoms with Crippen molar-refractivity contribution in [1.82, 2.24) is 0 Å². The molecule has 6 nitrogen and oxygen atoms in total. The number of unbranched alkanes of at least 4 members (excludes halogenated alkanes) is 2. The monoisotopic (exact) mass is 374 g/mol. The molecule has 0 bridgehead atoms. The third kappa shape index (κ3) is 8.43. The van der Waals surface area contributed by atoms with Gasteiger partial charge >= 0.3 is 5.97 Å². The van der Waals surface area contributed by atoms with E-state index in [0.717, 1.165) is 19.3 Å². The van der Waals surface area contributed by atoms with E-state index in [4.69, 9.17) is 10.6 Å². The molecule has 0 heterocycles. The Morgan fingerprint density at radius 2 is 1.88 bits per heavy atom. The van der Waals surface area contributed by atoms with Crippen molar-refractivity contribution < 1.29 is 35.5 Å². The molecule has 1 rings (SSSR count). The van der Waals surface area contributed by atoms with Crippen LogP contribution >= 0.6 is 0 Å². The van der Waals surface area contributed by atoms with Crippen molar-refractivity contribution in [1.29, 1.82) is 0 Å². The highest BCUT2D eigenvalue weighted by molar-refractivity contribution is 5.78. The van der Waals surface area contributed by atoms with Crippen LogP contribution in [0.25, 0.3) is 0 Å². The zero-order valence-electron chi connectivity index (χ0n) is 19.3. The van der Waals surface area contributed by atoms with Crippen molar-refractivity contribution >= 4 is 11.8 Å². The van der Waals surface area contributed by atoms with Gasteiger partial charge in [-0.1, -0.05) is 38.3 Å². The highest BCUT2D eigenvalue weighted by Gasteiger charge is 2.41. The zero-order chi connectivity index (χ0) is 23.1. The van der Waals surface area contributed by atoms with E-state index in [1.807, 2.05) is 0 Å². The molecule has 1 aliphatic carbocycles. The number of Topliss-reactive ketones (excluding diaryl/α,β-unsaturated/α-hetero) is 1. The molecule has 0 aromatic heterocycles. The molecule has 0 aliphatic heterocycles.